The molecule has 0 spiro atoms. The first-order valence-corrected chi connectivity index (χ1v) is 8.17. The Hall–Kier alpha value is -2.14. The monoisotopic (exact) mass is 311 g/mol. The SMILES string of the molecule is N#Cc1ccc(NC(=O)NC[C@@H]2CCS(=O)(=O)C2)c(F)c1. The zero-order chi connectivity index (χ0) is 15.5. The van der Waals surface area contributed by atoms with Crippen molar-refractivity contribution in [1.82, 2.24) is 5.32 Å². The maximum absolute atomic E-state index is 13.6. The highest BCUT2D eigenvalue weighted by Crippen LogP contribution is 2.18. The molecule has 2 rings (SSSR count). The Balaban J connectivity index is 1.87. The predicted octanol–water partition coefficient (Wildman–Crippen LogP) is 1.25. The minimum absolute atomic E-state index is 0.0365. The average molecular weight is 311 g/mol. The van der Waals surface area contributed by atoms with Gasteiger partial charge in [0.1, 0.15) is 5.82 Å². The highest BCUT2D eigenvalue weighted by atomic mass is 32.2. The first-order valence-electron chi connectivity index (χ1n) is 6.34. The normalized spacial score (nSPS) is 19.7. The molecular weight excluding hydrogens is 297 g/mol. The third-order valence-electron chi connectivity index (χ3n) is 3.22. The van der Waals surface area contributed by atoms with Gasteiger partial charge in [0.15, 0.2) is 9.84 Å². The van der Waals surface area contributed by atoms with Crippen molar-refractivity contribution in [2.24, 2.45) is 5.92 Å². The third kappa shape index (κ3) is 4.16. The summed E-state index contributed by atoms with van der Waals surface area (Å²) in [6.45, 7) is 0.225. The average Bonchev–Trinajstić information content (AvgIpc) is 2.78. The van der Waals surface area contributed by atoms with Gasteiger partial charge in [-0.2, -0.15) is 5.26 Å². The van der Waals surface area contributed by atoms with E-state index in [2.05, 4.69) is 10.6 Å². The third-order valence-corrected chi connectivity index (χ3v) is 5.06. The zero-order valence-electron chi connectivity index (χ0n) is 11.1. The zero-order valence-corrected chi connectivity index (χ0v) is 11.9. The van der Waals surface area contributed by atoms with E-state index in [4.69, 9.17) is 5.26 Å². The molecule has 8 heteroatoms. The molecule has 0 bridgehead atoms. The van der Waals surface area contributed by atoms with Crippen LogP contribution in [0.5, 0.6) is 0 Å². The topological polar surface area (TPSA) is 99.1 Å². The van der Waals surface area contributed by atoms with E-state index >= 15 is 0 Å². The van der Waals surface area contributed by atoms with E-state index in [0.29, 0.717) is 6.42 Å². The largest absolute Gasteiger partial charge is 0.338 e. The van der Waals surface area contributed by atoms with Crippen molar-refractivity contribution < 1.29 is 17.6 Å². The number of nitrogens with one attached hydrogen (secondary N) is 2. The lowest BCUT2D eigenvalue weighted by Gasteiger charge is -2.11. The number of nitrogens with zero attached hydrogens (tertiary/aromatic N) is 1. The molecule has 1 fully saturated rings. The summed E-state index contributed by atoms with van der Waals surface area (Å²) in [5, 5.41) is 13.5. The molecule has 6 nitrogen and oxygen atoms in total. The quantitative estimate of drug-likeness (QED) is 0.877. The smallest absolute Gasteiger partial charge is 0.319 e. The van der Waals surface area contributed by atoms with Crippen LogP contribution in [-0.4, -0.2) is 32.5 Å². The molecule has 1 aromatic carbocycles. The highest BCUT2D eigenvalue weighted by Gasteiger charge is 2.27. The lowest BCUT2D eigenvalue weighted by molar-refractivity contribution is 0.250. The molecular formula is C13H14FN3O3S. The second-order valence-electron chi connectivity index (χ2n) is 4.91. The fourth-order valence-corrected chi connectivity index (χ4v) is 3.98. The van der Waals surface area contributed by atoms with Crippen molar-refractivity contribution in [3.8, 4) is 6.07 Å². The van der Waals surface area contributed by atoms with Gasteiger partial charge in [-0.15, -0.1) is 0 Å². The number of carbonyl (C=O) groups excluding carboxylic acids is 1. The van der Waals surface area contributed by atoms with Crippen LogP contribution in [0.25, 0.3) is 0 Å². The first kappa shape index (κ1) is 15.3. The second-order valence-corrected chi connectivity index (χ2v) is 7.14. The van der Waals surface area contributed by atoms with E-state index < -0.39 is 21.7 Å². The second kappa shape index (κ2) is 6.10. The summed E-state index contributed by atoms with van der Waals surface area (Å²) in [7, 11) is -2.98. The van der Waals surface area contributed by atoms with Crippen LogP contribution in [0.3, 0.4) is 0 Å². The molecule has 0 aromatic heterocycles. The van der Waals surface area contributed by atoms with E-state index in [1.165, 1.54) is 12.1 Å². The number of benzene rings is 1. The number of nitriles is 1. The predicted molar refractivity (Wildman–Crippen MR) is 74.9 cm³/mol. The molecule has 1 heterocycles. The maximum Gasteiger partial charge on any atom is 0.319 e. The fraction of sp³-hybridized carbons (Fsp3) is 0.385. The highest BCUT2D eigenvalue weighted by molar-refractivity contribution is 7.91. The van der Waals surface area contributed by atoms with Crippen molar-refractivity contribution in [3.05, 3.63) is 29.6 Å². The van der Waals surface area contributed by atoms with Gasteiger partial charge in [-0.1, -0.05) is 0 Å². The van der Waals surface area contributed by atoms with Gasteiger partial charge in [-0.05, 0) is 30.5 Å². The fourth-order valence-electron chi connectivity index (χ4n) is 2.12. The Bertz CT molecular complexity index is 697. The summed E-state index contributed by atoms with van der Waals surface area (Å²) >= 11 is 0. The van der Waals surface area contributed by atoms with Crippen molar-refractivity contribution in [2.45, 2.75) is 6.42 Å². The lowest BCUT2D eigenvalue weighted by Crippen LogP contribution is -2.33. The van der Waals surface area contributed by atoms with Crippen LogP contribution in [0.4, 0.5) is 14.9 Å². The Morgan fingerprint density at radius 1 is 1.48 bits per heavy atom. The van der Waals surface area contributed by atoms with Crippen LogP contribution in [0, 0.1) is 23.1 Å². The summed E-state index contributed by atoms with van der Waals surface area (Å²) in [6.07, 6.45) is 0.522. The number of rotatable bonds is 3. The van der Waals surface area contributed by atoms with Crippen molar-refractivity contribution >= 4 is 21.6 Å². The van der Waals surface area contributed by atoms with E-state index in [1.807, 2.05) is 0 Å². The Labute approximate surface area is 121 Å². The van der Waals surface area contributed by atoms with Gasteiger partial charge in [0.25, 0.3) is 0 Å². The van der Waals surface area contributed by atoms with Gasteiger partial charge in [0, 0.05) is 6.54 Å². The molecule has 112 valence electrons. The summed E-state index contributed by atoms with van der Waals surface area (Å²) in [6, 6.07) is 4.90. The molecule has 1 aliphatic heterocycles. The van der Waals surface area contributed by atoms with Crippen molar-refractivity contribution in [3.63, 3.8) is 0 Å². The minimum atomic E-state index is -2.98. The van der Waals surface area contributed by atoms with E-state index in [1.54, 1.807) is 6.07 Å². The van der Waals surface area contributed by atoms with Crippen LogP contribution in [0.2, 0.25) is 0 Å². The van der Waals surface area contributed by atoms with Gasteiger partial charge < -0.3 is 10.6 Å². The number of amides is 2. The minimum Gasteiger partial charge on any atom is -0.338 e. The summed E-state index contributed by atoms with van der Waals surface area (Å²) in [4.78, 5) is 11.6. The van der Waals surface area contributed by atoms with Crippen LogP contribution < -0.4 is 10.6 Å². The molecule has 0 unspecified atom stereocenters. The van der Waals surface area contributed by atoms with Crippen LogP contribution >= 0.6 is 0 Å². The molecule has 0 radical (unpaired) electrons. The number of anilines is 1. The number of urea groups is 1. The molecule has 0 saturated carbocycles. The van der Waals surface area contributed by atoms with Crippen LogP contribution in [-0.2, 0) is 9.84 Å². The molecule has 1 aliphatic rings. The molecule has 0 aliphatic carbocycles. The number of carbonyl (C=O) groups is 1. The lowest BCUT2D eigenvalue weighted by atomic mass is 10.1. The molecule has 1 atom stereocenters. The summed E-state index contributed by atoms with van der Waals surface area (Å²) < 4.78 is 36.1. The van der Waals surface area contributed by atoms with Gasteiger partial charge in [0.2, 0.25) is 0 Å². The molecule has 1 aromatic rings. The Kier molecular flexibility index (Phi) is 4.43. The first-order chi connectivity index (χ1) is 9.89. The number of sulfone groups is 1. The Morgan fingerprint density at radius 3 is 2.81 bits per heavy atom. The van der Waals surface area contributed by atoms with Gasteiger partial charge in [-0.25, -0.2) is 17.6 Å². The standard InChI is InChI=1S/C13H14FN3O3S/c14-11-5-9(6-15)1-2-12(11)17-13(18)16-7-10-3-4-21(19,20)8-10/h1-2,5,10H,3-4,7-8H2,(H2,16,17,18)/t10-/m0/s1. The maximum atomic E-state index is 13.6. The van der Waals surface area contributed by atoms with Crippen molar-refractivity contribution in [2.75, 3.05) is 23.4 Å². The molecule has 21 heavy (non-hydrogen) atoms. The van der Waals surface area contributed by atoms with Gasteiger partial charge in [-0.3, -0.25) is 0 Å². The molecule has 1 saturated heterocycles. The number of halogens is 1. The van der Waals surface area contributed by atoms with E-state index in [-0.39, 0.29) is 35.2 Å². The van der Waals surface area contributed by atoms with E-state index in [9.17, 15) is 17.6 Å². The molecule has 2 amide bonds. The van der Waals surface area contributed by atoms with Gasteiger partial charge >= 0.3 is 6.03 Å². The Morgan fingerprint density at radius 2 is 2.24 bits per heavy atom. The number of hydrogen-bond acceptors (Lipinski definition) is 4. The van der Waals surface area contributed by atoms with Crippen LogP contribution in [0.1, 0.15) is 12.0 Å². The van der Waals surface area contributed by atoms with Crippen molar-refractivity contribution in [1.29, 1.82) is 5.26 Å². The summed E-state index contributed by atoms with van der Waals surface area (Å²) in [5.41, 5.74) is 0.125. The van der Waals surface area contributed by atoms with Gasteiger partial charge in [0.05, 0.1) is 28.8 Å². The van der Waals surface area contributed by atoms with Crippen LogP contribution in [0.15, 0.2) is 18.2 Å². The van der Waals surface area contributed by atoms with E-state index in [0.717, 1.165) is 6.07 Å². The number of hydrogen-bond donors (Lipinski definition) is 2. The summed E-state index contributed by atoms with van der Waals surface area (Å²) in [5.74, 6) is -0.594. The molecule has 2 N–H and O–H groups in total.